The van der Waals surface area contributed by atoms with Crippen LogP contribution in [0.25, 0.3) is 0 Å². The third kappa shape index (κ3) is 3.72. The maximum absolute atomic E-state index is 12.9. The fraction of sp³-hybridized carbons (Fsp3) is 0.333. The minimum Gasteiger partial charge on any atom is -0.495 e. The highest BCUT2D eigenvalue weighted by atomic mass is 79.9. The van der Waals surface area contributed by atoms with Gasteiger partial charge in [-0.05, 0) is 52.5 Å². The number of para-hydroxylation sites is 1. The molecule has 0 N–H and O–H groups in total. The summed E-state index contributed by atoms with van der Waals surface area (Å²) in [7, 11) is 3.26. The van der Waals surface area contributed by atoms with Crippen LogP contribution in [0.2, 0.25) is 0 Å². The Bertz CT molecular complexity index is 791. The van der Waals surface area contributed by atoms with E-state index in [-0.39, 0.29) is 18.4 Å². The highest BCUT2D eigenvalue weighted by molar-refractivity contribution is 9.11. The summed E-state index contributed by atoms with van der Waals surface area (Å²) in [4.78, 5) is 29.1. The molecule has 25 heavy (non-hydrogen) atoms. The average Bonchev–Trinajstić information content (AvgIpc) is 3.06. The molecule has 2 amide bonds. The summed E-state index contributed by atoms with van der Waals surface area (Å²) in [6.07, 6.45) is 1.83. The van der Waals surface area contributed by atoms with Gasteiger partial charge in [-0.2, -0.15) is 0 Å². The number of fused-ring (bicyclic) bond motifs is 1. The van der Waals surface area contributed by atoms with Crippen LogP contribution in [0.3, 0.4) is 0 Å². The molecule has 3 rings (SSSR count). The molecule has 0 fully saturated rings. The van der Waals surface area contributed by atoms with Gasteiger partial charge in [-0.25, -0.2) is 0 Å². The molecule has 7 heteroatoms. The molecule has 0 bridgehead atoms. The predicted octanol–water partition coefficient (Wildman–Crippen LogP) is 3.57. The van der Waals surface area contributed by atoms with Crippen molar-refractivity contribution in [3.63, 3.8) is 0 Å². The summed E-state index contributed by atoms with van der Waals surface area (Å²) in [6.45, 7) is 0.671. The van der Waals surface area contributed by atoms with Gasteiger partial charge >= 0.3 is 0 Å². The van der Waals surface area contributed by atoms with Gasteiger partial charge in [-0.15, -0.1) is 11.3 Å². The Hall–Kier alpha value is -1.86. The number of benzene rings is 1. The van der Waals surface area contributed by atoms with Crippen LogP contribution < -0.4 is 9.64 Å². The second-order valence-electron chi connectivity index (χ2n) is 5.88. The molecular weight excluding hydrogens is 404 g/mol. The number of aryl methyl sites for hydroxylation is 1. The number of methoxy groups -OCH3 is 1. The van der Waals surface area contributed by atoms with Gasteiger partial charge in [0.25, 0.3) is 5.91 Å². The van der Waals surface area contributed by atoms with Crippen LogP contribution in [0, 0.1) is 0 Å². The van der Waals surface area contributed by atoms with Crippen molar-refractivity contribution in [1.82, 2.24) is 4.90 Å². The molecule has 0 saturated carbocycles. The largest absolute Gasteiger partial charge is 0.495 e. The molecule has 0 radical (unpaired) electrons. The normalized spacial score (nSPS) is 13.3. The monoisotopic (exact) mass is 422 g/mol. The van der Waals surface area contributed by atoms with E-state index in [4.69, 9.17) is 4.74 Å². The van der Waals surface area contributed by atoms with Crippen LogP contribution in [-0.4, -0.2) is 44.0 Å². The molecule has 1 aliphatic heterocycles. The number of thiophene rings is 1. The van der Waals surface area contributed by atoms with Crippen molar-refractivity contribution in [2.75, 3.05) is 32.1 Å². The molecule has 132 valence electrons. The zero-order valence-electron chi connectivity index (χ0n) is 14.1. The van der Waals surface area contributed by atoms with E-state index < -0.39 is 0 Å². The third-order valence-corrected chi connectivity index (χ3v) is 5.82. The second kappa shape index (κ2) is 7.58. The van der Waals surface area contributed by atoms with Crippen LogP contribution >= 0.6 is 27.3 Å². The van der Waals surface area contributed by atoms with Crippen LogP contribution in [0.5, 0.6) is 5.75 Å². The lowest BCUT2D eigenvalue weighted by atomic mass is 10.0. The van der Waals surface area contributed by atoms with Gasteiger partial charge in [0, 0.05) is 13.6 Å². The molecule has 0 atom stereocenters. The number of likely N-dealkylation sites (N-methyl/N-ethyl adjacent to an activating group) is 1. The standard InChI is InChI=1S/C18H19BrN2O3S/c1-20(18(23)14-8-9-15(19)25-14)11-16(22)21-10-4-6-12-5-3-7-13(24-2)17(12)21/h3,5,7-9H,4,6,10-11H2,1-2H3. The third-order valence-electron chi connectivity index (χ3n) is 4.20. The van der Waals surface area contributed by atoms with E-state index >= 15 is 0 Å². The van der Waals surface area contributed by atoms with Gasteiger partial charge < -0.3 is 14.5 Å². The average molecular weight is 423 g/mol. The van der Waals surface area contributed by atoms with Gasteiger partial charge in [0.15, 0.2) is 0 Å². The first-order chi connectivity index (χ1) is 12.0. The van der Waals surface area contributed by atoms with Gasteiger partial charge in [-0.3, -0.25) is 9.59 Å². The minimum absolute atomic E-state index is 0.0336. The molecule has 2 aromatic rings. The van der Waals surface area contributed by atoms with Crippen LogP contribution in [0.1, 0.15) is 21.7 Å². The van der Waals surface area contributed by atoms with Crippen molar-refractivity contribution < 1.29 is 14.3 Å². The molecule has 2 heterocycles. The van der Waals surface area contributed by atoms with E-state index in [0.717, 1.165) is 27.9 Å². The van der Waals surface area contributed by atoms with E-state index in [1.165, 1.54) is 16.2 Å². The molecule has 0 saturated heterocycles. The summed E-state index contributed by atoms with van der Waals surface area (Å²) in [5.74, 6) is 0.444. The lowest BCUT2D eigenvalue weighted by molar-refractivity contribution is -0.119. The maximum Gasteiger partial charge on any atom is 0.264 e. The van der Waals surface area contributed by atoms with Gasteiger partial charge in [0.1, 0.15) is 12.3 Å². The lowest BCUT2D eigenvalue weighted by Gasteiger charge is -2.32. The summed E-state index contributed by atoms with van der Waals surface area (Å²) >= 11 is 4.72. The fourth-order valence-corrected chi connectivity index (χ4v) is 4.39. The SMILES string of the molecule is COc1cccc2c1N(C(=O)CN(C)C(=O)c1ccc(Br)s1)CCC2. The summed E-state index contributed by atoms with van der Waals surface area (Å²) in [5, 5.41) is 0. The molecule has 1 aromatic carbocycles. The Balaban J connectivity index is 1.77. The topological polar surface area (TPSA) is 49.9 Å². The number of ether oxygens (including phenoxy) is 1. The number of anilines is 1. The molecule has 0 aliphatic carbocycles. The van der Waals surface area contributed by atoms with Crippen molar-refractivity contribution in [2.24, 2.45) is 0 Å². The van der Waals surface area contributed by atoms with Crippen LogP contribution in [-0.2, 0) is 11.2 Å². The van der Waals surface area contributed by atoms with Crippen molar-refractivity contribution in [2.45, 2.75) is 12.8 Å². The zero-order valence-corrected chi connectivity index (χ0v) is 16.5. The first-order valence-electron chi connectivity index (χ1n) is 7.98. The summed E-state index contributed by atoms with van der Waals surface area (Å²) < 4.78 is 6.33. The Kier molecular flexibility index (Phi) is 5.44. The van der Waals surface area contributed by atoms with Crippen molar-refractivity contribution in [3.05, 3.63) is 44.6 Å². The minimum atomic E-state index is -0.152. The first kappa shape index (κ1) is 17.9. The Labute approximate surface area is 159 Å². The first-order valence-corrected chi connectivity index (χ1v) is 9.59. The Morgan fingerprint density at radius 3 is 2.80 bits per heavy atom. The van der Waals surface area contributed by atoms with E-state index in [1.807, 2.05) is 24.3 Å². The number of carbonyl (C=O) groups excluding carboxylic acids is 2. The number of carbonyl (C=O) groups is 2. The molecule has 0 unspecified atom stereocenters. The molecule has 0 spiro atoms. The molecular formula is C18H19BrN2O3S. The van der Waals surface area contributed by atoms with Gasteiger partial charge in [0.2, 0.25) is 5.91 Å². The number of nitrogens with zero attached hydrogens (tertiary/aromatic N) is 2. The Morgan fingerprint density at radius 1 is 1.32 bits per heavy atom. The molecule has 1 aromatic heterocycles. The van der Waals surface area contributed by atoms with Crippen molar-refractivity contribution >= 4 is 44.8 Å². The van der Waals surface area contributed by atoms with Gasteiger partial charge in [-0.1, -0.05) is 12.1 Å². The lowest BCUT2D eigenvalue weighted by Crippen LogP contribution is -2.43. The van der Waals surface area contributed by atoms with E-state index in [0.29, 0.717) is 17.2 Å². The van der Waals surface area contributed by atoms with E-state index in [2.05, 4.69) is 15.9 Å². The molecule has 5 nitrogen and oxygen atoms in total. The van der Waals surface area contributed by atoms with E-state index in [9.17, 15) is 9.59 Å². The highest BCUT2D eigenvalue weighted by Gasteiger charge is 2.27. The number of hydrogen-bond donors (Lipinski definition) is 0. The van der Waals surface area contributed by atoms with Crippen molar-refractivity contribution in [1.29, 1.82) is 0 Å². The second-order valence-corrected chi connectivity index (χ2v) is 8.34. The number of amides is 2. The number of halogens is 1. The van der Waals surface area contributed by atoms with E-state index in [1.54, 1.807) is 25.1 Å². The molecule has 1 aliphatic rings. The maximum atomic E-state index is 12.9. The van der Waals surface area contributed by atoms with Crippen LogP contribution in [0.4, 0.5) is 5.69 Å². The summed E-state index contributed by atoms with van der Waals surface area (Å²) in [6, 6.07) is 9.42. The Morgan fingerprint density at radius 2 is 2.12 bits per heavy atom. The number of hydrogen-bond acceptors (Lipinski definition) is 4. The highest BCUT2D eigenvalue weighted by Crippen LogP contribution is 2.36. The zero-order chi connectivity index (χ0) is 18.0. The number of rotatable bonds is 4. The predicted molar refractivity (Wildman–Crippen MR) is 103 cm³/mol. The quantitative estimate of drug-likeness (QED) is 0.756. The van der Waals surface area contributed by atoms with Crippen LogP contribution in [0.15, 0.2) is 34.1 Å². The van der Waals surface area contributed by atoms with Gasteiger partial charge in [0.05, 0.1) is 21.5 Å². The fourth-order valence-electron chi connectivity index (χ4n) is 3.01. The smallest absolute Gasteiger partial charge is 0.264 e. The van der Waals surface area contributed by atoms with Crippen molar-refractivity contribution in [3.8, 4) is 5.75 Å². The summed E-state index contributed by atoms with van der Waals surface area (Å²) in [5.41, 5.74) is 1.94.